The number of likely N-dealkylation sites (N-methyl/N-ethyl adjacent to an activating group) is 1. The SMILES string of the molecule is CN(C)CC1NCCC1(C)C. The van der Waals surface area contributed by atoms with E-state index in [2.05, 4.69) is 38.2 Å². The fourth-order valence-electron chi connectivity index (χ4n) is 1.70. The molecular weight excluding hydrogens is 136 g/mol. The van der Waals surface area contributed by atoms with E-state index in [1.165, 1.54) is 13.0 Å². The summed E-state index contributed by atoms with van der Waals surface area (Å²) in [5.74, 6) is 0. The van der Waals surface area contributed by atoms with Crippen LogP contribution in [0.2, 0.25) is 0 Å². The Bertz CT molecular complexity index is 130. The van der Waals surface area contributed by atoms with Gasteiger partial charge in [0.25, 0.3) is 0 Å². The Balaban J connectivity index is 2.45. The average Bonchev–Trinajstić information content (AvgIpc) is 2.10. The smallest absolute Gasteiger partial charge is 0.0246 e. The van der Waals surface area contributed by atoms with Crippen molar-refractivity contribution in [2.24, 2.45) is 5.41 Å². The summed E-state index contributed by atoms with van der Waals surface area (Å²) in [6.45, 7) is 7.04. The summed E-state index contributed by atoms with van der Waals surface area (Å²) in [5, 5.41) is 3.54. The first-order valence-electron chi connectivity index (χ1n) is 4.40. The van der Waals surface area contributed by atoms with Gasteiger partial charge in [0.2, 0.25) is 0 Å². The third-order valence-corrected chi connectivity index (χ3v) is 2.65. The summed E-state index contributed by atoms with van der Waals surface area (Å²) in [6, 6.07) is 0.678. The first-order valence-corrected chi connectivity index (χ1v) is 4.40. The van der Waals surface area contributed by atoms with Crippen LogP contribution in [-0.4, -0.2) is 38.1 Å². The van der Waals surface area contributed by atoms with Gasteiger partial charge in [-0.3, -0.25) is 0 Å². The van der Waals surface area contributed by atoms with Crippen molar-refractivity contribution >= 4 is 0 Å². The maximum absolute atomic E-state index is 3.54. The molecule has 1 rings (SSSR count). The average molecular weight is 156 g/mol. The minimum absolute atomic E-state index is 0.490. The van der Waals surface area contributed by atoms with E-state index in [-0.39, 0.29) is 0 Å². The second kappa shape index (κ2) is 3.11. The van der Waals surface area contributed by atoms with Gasteiger partial charge in [0.05, 0.1) is 0 Å². The van der Waals surface area contributed by atoms with Gasteiger partial charge in [0.1, 0.15) is 0 Å². The molecule has 0 radical (unpaired) electrons. The van der Waals surface area contributed by atoms with Crippen molar-refractivity contribution in [3.63, 3.8) is 0 Å². The number of hydrogen-bond acceptors (Lipinski definition) is 2. The van der Waals surface area contributed by atoms with Crippen LogP contribution in [0.5, 0.6) is 0 Å². The van der Waals surface area contributed by atoms with Gasteiger partial charge < -0.3 is 10.2 Å². The lowest BCUT2D eigenvalue weighted by molar-refractivity contribution is 0.247. The van der Waals surface area contributed by atoms with E-state index in [0.29, 0.717) is 11.5 Å². The molecule has 66 valence electrons. The number of rotatable bonds is 2. The second-order valence-corrected chi connectivity index (χ2v) is 4.51. The number of nitrogens with one attached hydrogen (secondary N) is 1. The molecule has 1 atom stereocenters. The summed E-state index contributed by atoms with van der Waals surface area (Å²) < 4.78 is 0. The van der Waals surface area contributed by atoms with E-state index < -0.39 is 0 Å². The van der Waals surface area contributed by atoms with E-state index in [9.17, 15) is 0 Å². The van der Waals surface area contributed by atoms with Crippen molar-refractivity contribution in [1.82, 2.24) is 10.2 Å². The molecule has 0 amide bonds. The van der Waals surface area contributed by atoms with Gasteiger partial charge in [0.15, 0.2) is 0 Å². The minimum Gasteiger partial charge on any atom is -0.312 e. The molecule has 0 aromatic carbocycles. The van der Waals surface area contributed by atoms with Crippen LogP contribution in [0.25, 0.3) is 0 Å². The molecule has 1 aliphatic rings. The van der Waals surface area contributed by atoms with Crippen molar-refractivity contribution in [3.05, 3.63) is 0 Å². The molecule has 1 aliphatic heterocycles. The molecular formula is C9H20N2. The van der Waals surface area contributed by atoms with Crippen LogP contribution < -0.4 is 5.32 Å². The van der Waals surface area contributed by atoms with Crippen molar-refractivity contribution in [1.29, 1.82) is 0 Å². The van der Waals surface area contributed by atoms with Crippen molar-refractivity contribution in [2.75, 3.05) is 27.2 Å². The molecule has 11 heavy (non-hydrogen) atoms. The van der Waals surface area contributed by atoms with Crippen LogP contribution in [0.15, 0.2) is 0 Å². The highest BCUT2D eigenvalue weighted by atomic mass is 15.1. The molecule has 0 aliphatic carbocycles. The van der Waals surface area contributed by atoms with Gasteiger partial charge in [-0.1, -0.05) is 13.8 Å². The van der Waals surface area contributed by atoms with Crippen LogP contribution in [0.3, 0.4) is 0 Å². The molecule has 0 aromatic heterocycles. The first-order chi connectivity index (χ1) is 5.02. The largest absolute Gasteiger partial charge is 0.312 e. The Hall–Kier alpha value is -0.0800. The van der Waals surface area contributed by atoms with Gasteiger partial charge in [-0.15, -0.1) is 0 Å². The van der Waals surface area contributed by atoms with E-state index in [1.54, 1.807) is 0 Å². The maximum Gasteiger partial charge on any atom is 0.0246 e. The Morgan fingerprint density at radius 2 is 2.09 bits per heavy atom. The standard InChI is InChI=1S/C9H20N2/c1-9(2)5-6-10-8(9)7-11(3)4/h8,10H,5-7H2,1-4H3. The molecule has 1 unspecified atom stereocenters. The van der Waals surface area contributed by atoms with Gasteiger partial charge in [-0.25, -0.2) is 0 Å². The molecule has 1 fully saturated rings. The zero-order valence-electron chi connectivity index (χ0n) is 8.15. The second-order valence-electron chi connectivity index (χ2n) is 4.51. The quantitative estimate of drug-likeness (QED) is 0.640. The lowest BCUT2D eigenvalue weighted by atomic mass is 9.85. The highest BCUT2D eigenvalue weighted by Gasteiger charge is 2.33. The van der Waals surface area contributed by atoms with E-state index in [4.69, 9.17) is 0 Å². The monoisotopic (exact) mass is 156 g/mol. The molecule has 1 saturated heterocycles. The lowest BCUT2D eigenvalue weighted by Crippen LogP contribution is -2.41. The topological polar surface area (TPSA) is 15.3 Å². The van der Waals surface area contributed by atoms with Crippen molar-refractivity contribution in [2.45, 2.75) is 26.3 Å². The van der Waals surface area contributed by atoms with E-state index in [0.717, 1.165) is 6.54 Å². The molecule has 2 heteroatoms. The minimum atomic E-state index is 0.490. The zero-order valence-corrected chi connectivity index (χ0v) is 8.15. The summed E-state index contributed by atoms with van der Waals surface area (Å²) in [6.07, 6.45) is 1.31. The lowest BCUT2D eigenvalue weighted by Gasteiger charge is -2.28. The Morgan fingerprint density at radius 1 is 1.45 bits per heavy atom. The van der Waals surface area contributed by atoms with Gasteiger partial charge in [-0.05, 0) is 32.5 Å². The van der Waals surface area contributed by atoms with E-state index in [1.807, 2.05) is 0 Å². The molecule has 1 heterocycles. The Kier molecular flexibility index (Phi) is 2.55. The van der Waals surface area contributed by atoms with Gasteiger partial charge in [-0.2, -0.15) is 0 Å². The Labute approximate surface area is 70.0 Å². The summed E-state index contributed by atoms with van der Waals surface area (Å²) in [5.41, 5.74) is 0.490. The van der Waals surface area contributed by atoms with Crippen LogP contribution in [-0.2, 0) is 0 Å². The number of nitrogens with zero attached hydrogens (tertiary/aromatic N) is 1. The van der Waals surface area contributed by atoms with Crippen molar-refractivity contribution in [3.8, 4) is 0 Å². The normalized spacial score (nSPS) is 29.7. The molecule has 0 saturated carbocycles. The molecule has 1 N–H and O–H groups in total. The van der Waals surface area contributed by atoms with Gasteiger partial charge >= 0.3 is 0 Å². The summed E-state index contributed by atoms with van der Waals surface area (Å²) in [4.78, 5) is 2.25. The summed E-state index contributed by atoms with van der Waals surface area (Å²) in [7, 11) is 4.27. The van der Waals surface area contributed by atoms with Crippen LogP contribution >= 0.6 is 0 Å². The van der Waals surface area contributed by atoms with Crippen LogP contribution in [0.4, 0.5) is 0 Å². The predicted octanol–water partition coefficient (Wildman–Crippen LogP) is 0.936. The fourth-order valence-corrected chi connectivity index (χ4v) is 1.70. The predicted molar refractivity (Wildman–Crippen MR) is 48.7 cm³/mol. The maximum atomic E-state index is 3.54. The number of hydrogen-bond donors (Lipinski definition) is 1. The van der Waals surface area contributed by atoms with Crippen molar-refractivity contribution < 1.29 is 0 Å². The van der Waals surface area contributed by atoms with Crippen LogP contribution in [0, 0.1) is 5.41 Å². The molecule has 0 spiro atoms. The van der Waals surface area contributed by atoms with Crippen LogP contribution in [0.1, 0.15) is 20.3 Å². The van der Waals surface area contributed by atoms with E-state index >= 15 is 0 Å². The summed E-state index contributed by atoms with van der Waals surface area (Å²) >= 11 is 0. The molecule has 0 aromatic rings. The highest BCUT2D eigenvalue weighted by Crippen LogP contribution is 2.29. The van der Waals surface area contributed by atoms with Gasteiger partial charge in [0, 0.05) is 12.6 Å². The first kappa shape index (κ1) is 9.01. The Morgan fingerprint density at radius 3 is 2.45 bits per heavy atom. The highest BCUT2D eigenvalue weighted by molar-refractivity contribution is 4.91. The zero-order chi connectivity index (χ0) is 8.48. The fraction of sp³-hybridized carbons (Fsp3) is 1.00. The third-order valence-electron chi connectivity index (χ3n) is 2.65. The third kappa shape index (κ3) is 2.17. The molecule has 0 bridgehead atoms. The molecule has 2 nitrogen and oxygen atoms in total.